The topological polar surface area (TPSA) is 75.9 Å². The van der Waals surface area contributed by atoms with Crippen molar-refractivity contribution in [1.29, 1.82) is 0 Å². The molecule has 28 heavy (non-hydrogen) atoms. The van der Waals surface area contributed by atoms with Crippen molar-refractivity contribution < 1.29 is 13.4 Å². The van der Waals surface area contributed by atoms with Gasteiger partial charge < -0.3 is 10.2 Å². The van der Waals surface area contributed by atoms with E-state index in [0.29, 0.717) is 29.3 Å². The van der Waals surface area contributed by atoms with E-state index >= 15 is 0 Å². The summed E-state index contributed by atoms with van der Waals surface area (Å²) < 4.78 is 30.8. The van der Waals surface area contributed by atoms with Crippen molar-refractivity contribution in [3.8, 4) is 0 Å². The normalized spacial score (nSPS) is 20.7. The predicted octanol–water partition coefficient (Wildman–Crippen LogP) is 3.97. The van der Waals surface area contributed by atoms with E-state index in [1.54, 1.807) is 23.5 Å². The van der Waals surface area contributed by atoms with Gasteiger partial charge in [0, 0.05) is 40.0 Å². The Balaban J connectivity index is 1.55. The van der Waals surface area contributed by atoms with E-state index in [4.69, 9.17) is 9.82 Å². The van der Waals surface area contributed by atoms with Crippen molar-refractivity contribution in [1.82, 2.24) is 10.3 Å². The quantitative estimate of drug-likeness (QED) is 0.809. The zero-order chi connectivity index (χ0) is 19.7. The van der Waals surface area contributed by atoms with Gasteiger partial charge >= 0.3 is 0 Å². The van der Waals surface area contributed by atoms with Crippen LogP contribution >= 0.6 is 11.3 Å². The van der Waals surface area contributed by atoms with E-state index in [-0.39, 0.29) is 0 Å². The number of rotatable bonds is 4. The fraction of sp³-hybridized carbons (Fsp3) is 0.474. The molecule has 1 fully saturated rings. The minimum absolute atomic E-state index is 0.298. The molecule has 2 aliphatic heterocycles. The summed E-state index contributed by atoms with van der Waals surface area (Å²) in [6.45, 7) is 2.03. The van der Waals surface area contributed by atoms with Gasteiger partial charge in [0.05, 0.1) is 22.0 Å². The van der Waals surface area contributed by atoms with Crippen molar-refractivity contribution in [2.45, 2.75) is 31.3 Å². The second kappa shape index (κ2) is 7.88. The van der Waals surface area contributed by atoms with E-state index in [0.717, 1.165) is 36.6 Å². The summed E-state index contributed by atoms with van der Waals surface area (Å²) in [5.41, 5.74) is 2.16. The Morgan fingerprint density at radius 3 is 2.86 bits per heavy atom. The van der Waals surface area contributed by atoms with Gasteiger partial charge in [0.25, 0.3) is 0 Å². The van der Waals surface area contributed by atoms with Crippen LogP contribution in [-0.2, 0) is 14.6 Å². The summed E-state index contributed by atoms with van der Waals surface area (Å²) in [6.07, 6.45) is 5.04. The van der Waals surface area contributed by atoms with Crippen LogP contribution in [0.3, 0.4) is 0 Å². The van der Waals surface area contributed by atoms with Gasteiger partial charge in [-0.1, -0.05) is 11.2 Å². The van der Waals surface area contributed by atoms with Gasteiger partial charge in [-0.3, -0.25) is 0 Å². The smallest absolute Gasteiger partial charge is 0.163 e. The summed E-state index contributed by atoms with van der Waals surface area (Å²) in [7, 11) is -2.42. The largest absolute Gasteiger partial charge is 0.387 e. The number of piperidine rings is 1. The molecule has 150 valence electrons. The molecule has 1 unspecified atom stereocenters. The molecule has 9 heteroatoms. The maximum Gasteiger partial charge on any atom is 0.163 e. The van der Waals surface area contributed by atoms with Crippen LogP contribution in [0.4, 0.5) is 10.1 Å². The van der Waals surface area contributed by atoms with Crippen molar-refractivity contribution in [2.75, 3.05) is 25.6 Å². The Morgan fingerprint density at radius 2 is 2.11 bits per heavy atom. The molecule has 0 aliphatic carbocycles. The number of halogens is 1. The number of benzene rings is 1. The van der Waals surface area contributed by atoms with Crippen LogP contribution in [0.5, 0.6) is 0 Å². The highest BCUT2D eigenvalue weighted by Crippen LogP contribution is 2.38. The number of hydrogen-bond acceptors (Lipinski definition) is 7. The summed E-state index contributed by atoms with van der Waals surface area (Å²) in [5, 5.41) is 10.7. The van der Waals surface area contributed by atoms with Crippen molar-refractivity contribution in [3.63, 3.8) is 0 Å². The average molecular weight is 423 g/mol. The standard InChI is InChI=1S/C19H23FN4O2S2/c1-28(2,25)24-14-5-3-4-13(20)18(14)17-10-15(23-26-17)16-11-27-19(22-16)12-6-8-21-9-7-12/h3-5,11-12,17,21H,6-10H2,1-2H3. The lowest BCUT2D eigenvalue weighted by molar-refractivity contribution is 0.0834. The monoisotopic (exact) mass is 422 g/mol. The third-order valence-electron chi connectivity index (χ3n) is 4.84. The number of thiazole rings is 1. The number of nitrogens with one attached hydrogen (secondary N) is 1. The lowest BCUT2D eigenvalue weighted by atomic mass is 9.99. The maximum atomic E-state index is 14.6. The lowest BCUT2D eigenvalue weighted by Gasteiger charge is -2.20. The van der Waals surface area contributed by atoms with Gasteiger partial charge in [0.2, 0.25) is 0 Å². The molecule has 0 saturated carbocycles. The molecule has 1 aromatic carbocycles. The molecular formula is C19H23FN4O2S2. The second-order valence-electron chi connectivity index (χ2n) is 7.38. The first-order valence-corrected chi connectivity index (χ1v) is 12.5. The van der Waals surface area contributed by atoms with E-state index in [9.17, 15) is 8.60 Å². The third kappa shape index (κ3) is 4.26. The molecule has 3 heterocycles. The lowest BCUT2D eigenvalue weighted by Crippen LogP contribution is -2.26. The fourth-order valence-electron chi connectivity index (χ4n) is 3.52. The van der Waals surface area contributed by atoms with Gasteiger partial charge in [-0.15, -0.1) is 11.3 Å². The number of hydrogen-bond donors (Lipinski definition) is 1. The predicted molar refractivity (Wildman–Crippen MR) is 110 cm³/mol. The Kier molecular flexibility index (Phi) is 5.48. The Morgan fingerprint density at radius 1 is 1.32 bits per heavy atom. The summed E-state index contributed by atoms with van der Waals surface area (Å²) >= 11 is 1.65. The highest BCUT2D eigenvalue weighted by molar-refractivity contribution is 7.92. The van der Waals surface area contributed by atoms with Crippen molar-refractivity contribution in [2.24, 2.45) is 9.52 Å². The van der Waals surface area contributed by atoms with E-state index in [1.165, 1.54) is 18.6 Å². The Bertz CT molecular complexity index is 1010. The zero-order valence-electron chi connectivity index (χ0n) is 15.9. The van der Waals surface area contributed by atoms with Crippen LogP contribution in [0, 0.1) is 5.82 Å². The number of nitrogens with zero attached hydrogens (tertiary/aromatic N) is 3. The van der Waals surface area contributed by atoms with Crippen molar-refractivity contribution >= 4 is 32.5 Å². The molecule has 0 radical (unpaired) electrons. The highest BCUT2D eigenvalue weighted by Gasteiger charge is 2.30. The molecule has 1 saturated heterocycles. The van der Waals surface area contributed by atoms with Crippen LogP contribution in [0.2, 0.25) is 0 Å². The van der Waals surface area contributed by atoms with Gasteiger partial charge in [-0.05, 0) is 38.1 Å². The van der Waals surface area contributed by atoms with E-state index in [2.05, 4.69) is 14.8 Å². The molecule has 2 aliphatic rings. The maximum absolute atomic E-state index is 14.6. The number of oxime groups is 1. The van der Waals surface area contributed by atoms with Gasteiger partial charge in [-0.2, -0.15) is 4.36 Å². The Labute approximate surface area is 168 Å². The first-order chi connectivity index (χ1) is 13.4. The molecule has 6 nitrogen and oxygen atoms in total. The molecule has 0 bridgehead atoms. The van der Waals surface area contributed by atoms with E-state index in [1.807, 2.05) is 5.38 Å². The molecule has 0 amide bonds. The summed E-state index contributed by atoms with van der Waals surface area (Å²) in [6, 6.07) is 4.58. The molecule has 1 atom stereocenters. The zero-order valence-corrected chi connectivity index (χ0v) is 17.5. The highest BCUT2D eigenvalue weighted by atomic mass is 32.2. The summed E-state index contributed by atoms with van der Waals surface area (Å²) in [4.78, 5) is 10.3. The van der Waals surface area contributed by atoms with Gasteiger partial charge in [0.1, 0.15) is 11.5 Å². The van der Waals surface area contributed by atoms with Crippen LogP contribution in [-0.4, -0.2) is 40.5 Å². The first-order valence-electron chi connectivity index (χ1n) is 9.25. The van der Waals surface area contributed by atoms with Crippen LogP contribution in [0.1, 0.15) is 47.5 Å². The third-order valence-corrected chi connectivity index (χ3v) is 6.49. The van der Waals surface area contributed by atoms with Crippen LogP contribution in [0.15, 0.2) is 33.1 Å². The first kappa shape index (κ1) is 19.5. The number of aromatic nitrogens is 1. The molecule has 1 N–H and O–H groups in total. The van der Waals surface area contributed by atoms with Crippen LogP contribution < -0.4 is 5.32 Å². The molecule has 0 spiro atoms. The SMILES string of the molecule is CS(C)(=O)=Nc1cccc(F)c1C1CC(c2csc(C3CCNCC3)n2)=NO1. The molecule has 1 aromatic heterocycles. The minimum Gasteiger partial charge on any atom is -0.387 e. The summed E-state index contributed by atoms with van der Waals surface area (Å²) in [5.74, 6) is 0.0537. The van der Waals surface area contributed by atoms with Gasteiger partial charge in [0.15, 0.2) is 6.10 Å². The minimum atomic E-state index is -2.42. The van der Waals surface area contributed by atoms with E-state index < -0.39 is 21.7 Å². The molecule has 2 aromatic rings. The second-order valence-corrected chi connectivity index (χ2v) is 10.8. The average Bonchev–Trinajstić information content (AvgIpc) is 3.31. The fourth-order valence-corrected chi connectivity index (χ4v) is 5.15. The van der Waals surface area contributed by atoms with Crippen LogP contribution in [0.25, 0.3) is 0 Å². The molecule has 4 rings (SSSR count). The van der Waals surface area contributed by atoms with Crippen molar-refractivity contribution in [3.05, 3.63) is 45.7 Å². The molecular weight excluding hydrogens is 399 g/mol. The van der Waals surface area contributed by atoms with Gasteiger partial charge in [-0.25, -0.2) is 13.6 Å². The Hall–Kier alpha value is -1.84.